The molecule has 2 aliphatic heterocycles. The first-order chi connectivity index (χ1) is 12.4. The van der Waals surface area contributed by atoms with Crippen molar-refractivity contribution in [3.63, 3.8) is 0 Å². The first kappa shape index (κ1) is 19.2. The number of rotatable bonds is 5. The molecule has 2 amide bonds. The number of hydrogen-bond acceptors (Lipinski definition) is 4. The van der Waals surface area contributed by atoms with Crippen molar-refractivity contribution >= 4 is 38.9 Å². The Balaban J connectivity index is 1.47. The summed E-state index contributed by atoms with van der Waals surface area (Å²) < 4.78 is 22.9. The van der Waals surface area contributed by atoms with Crippen LogP contribution in [0.3, 0.4) is 0 Å². The van der Waals surface area contributed by atoms with E-state index in [2.05, 4.69) is 5.32 Å². The average Bonchev–Trinajstić information content (AvgIpc) is 2.98. The van der Waals surface area contributed by atoms with Gasteiger partial charge in [-0.1, -0.05) is 23.7 Å². The summed E-state index contributed by atoms with van der Waals surface area (Å²) in [5, 5.41) is 3.39. The summed E-state index contributed by atoms with van der Waals surface area (Å²) in [6.07, 6.45) is 2.29. The maximum Gasteiger partial charge on any atom is 0.227 e. The fraction of sp³-hybridized carbons (Fsp3) is 0.556. The standard InChI is InChI=1S/C18H23ClN2O4S/c19-15-3-1-2-4-16(15)21-12-14(11-17(21)22)18(23)20-8-5-13-6-9-26(24,25)10-7-13/h1-4,13-14H,5-12H2,(H,20,23). The summed E-state index contributed by atoms with van der Waals surface area (Å²) in [7, 11) is -2.85. The predicted molar refractivity (Wildman–Crippen MR) is 101 cm³/mol. The molecule has 0 spiro atoms. The lowest BCUT2D eigenvalue weighted by Gasteiger charge is -2.22. The molecule has 0 aliphatic carbocycles. The fourth-order valence-corrected chi connectivity index (χ4v) is 5.38. The topological polar surface area (TPSA) is 83.5 Å². The van der Waals surface area contributed by atoms with E-state index in [0.717, 1.165) is 6.42 Å². The minimum absolute atomic E-state index is 0.101. The number of carbonyl (C=O) groups excluding carboxylic acids is 2. The number of sulfone groups is 1. The van der Waals surface area contributed by atoms with Gasteiger partial charge in [-0.25, -0.2) is 8.42 Å². The van der Waals surface area contributed by atoms with Crippen LogP contribution in [0, 0.1) is 11.8 Å². The van der Waals surface area contributed by atoms with Crippen LogP contribution < -0.4 is 10.2 Å². The highest BCUT2D eigenvalue weighted by molar-refractivity contribution is 7.91. The summed E-state index contributed by atoms with van der Waals surface area (Å²) in [5.41, 5.74) is 0.637. The van der Waals surface area contributed by atoms with Gasteiger partial charge in [0.05, 0.1) is 28.1 Å². The third kappa shape index (κ3) is 4.57. The average molecular weight is 399 g/mol. The summed E-state index contributed by atoms with van der Waals surface area (Å²) >= 11 is 6.15. The van der Waals surface area contributed by atoms with E-state index in [4.69, 9.17) is 11.6 Å². The SMILES string of the molecule is O=C(NCCC1CCS(=O)(=O)CC1)C1CC(=O)N(c2ccccc2Cl)C1. The predicted octanol–water partition coefficient (Wildman–Crippen LogP) is 2.02. The quantitative estimate of drug-likeness (QED) is 0.822. The second-order valence-corrected chi connectivity index (χ2v) is 9.74. The van der Waals surface area contributed by atoms with Gasteiger partial charge in [-0.2, -0.15) is 0 Å². The molecular weight excluding hydrogens is 376 g/mol. The molecule has 2 saturated heterocycles. The molecule has 0 radical (unpaired) electrons. The Morgan fingerprint density at radius 2 is 1.92 bits per heavy atom. The van der Waals surface area contributed by atoms with Gasteiger partial charge in [0.2, 0.25) is 11.8 Å². The maximum atomic E-state index is 12.4. The third-order valence-electron chi connectivity index (χ3n) is 5.17. The van der Waals surface area contributed by atoms with E-state index < -0.39 is 9.84 Å². The number of carbonyl (C=O) groups is 2. The molecule has 0 bridgehead atoms. The van der Waals surface area contributed by atoms with Crippen LogP contribution in [0.2, 0.25) is 5.02 Å². The number of nitrogens with zero attached hydrogens (tertiary/aromatic N) is 1. The minimum atomic E-state index is -2.85. The second-order valence-electron chi connectivity index (χ2n) is 7.03. The molecule has 142 valence electrons. The molecule has 2 fully saturated rings. The van der Waals surface area contributed by atoms with Crippen LogP contribution in [0.4, 0.5) is 5.69 Å². The molecule has 6 nitrogen and oxygen atoms in total. The monoisotopic (exact) mass is 398 g/mol. The molecule has 1 N–H and O–H groups in total. The van der Waals surface area contributed by atoms with Crippen LogP contribution in [-0.4, -0.2) is 44.8 Å². The first-order valence-electron chi connectivity index (χ1n) is 8.89. The number of anilines is 1. The van der Waals surface area contributed by atoms with Crippen molar-refractivity contribution in [3.05, 3.63) is 29.3 Å². The number of benzene rings is 1. The highest BCUT2D eigenvalue weighted by Gasteiger charge is 2.35. The van der Waals surface area contributed by atoms with Gasteiger partial charge in [-0.05, 0) is 37.3 Å². The van der Waals surface area contributed by atoms with E-state index in [1.54, 1.807) is 23.1 Å². The highest BCUT2D eigenvalue weighted by Crippen LogP contribution is 2.31. The number of hydrogen-bond donors (Lipinski definition) is 1. The van der Waals surface area contributed by atoms with Crippen molar-refractivity contribution in [1.82, 2.24) is 5.32 Å². The van der Waals surface area contributed by atoms with Crippen molar-refractivity contribution in [2.45, 2.75) is 25.7 Å². The summed E-state index contributed by atoms with van der Waals surface area (Å²) in [4.78, 5) is 26.2. The number of amides is 2. The zero-order valence-electron chi connectivity index (χ0n) is 14.5. The molecule has 2 heterocycles. The summed E-state index contributed by atoms with van der Waals surface area (Å²) in [5.74, 6) is 0.215. The van der Waals surface area contributed by atoms with Crippen molar-refractivity contribution < 1.29 is 18.0 Å². The molecular formula is C18H23ClN2O4S. The number of para-hydroxylation sites is 1. The largest absolute Gasteiger partial charge is 0.356 e. The van der Waals surface area contributed by atoms with Crippen molar-refractivity contribution in [2.75, 3.05) is 29.5 Å². The van der Waals surface area contributed by atoms with Gasteiger partial charge in [-0.3, -0.25) is 9.59 Å². The zero-order valence-corrected chi connectivity index (χ0v) is 16.1. The fourth-order valence-electron chi connectivity index (χ4n) is 3.56. The van der Waals surface area contributed by atoms with E-state index in [1.165, 1.54) is 0 Å². The number of halogens is 1. The van der Waals surface area contributed by atoms with Crippen molar-refractivity contribution in [3.8, 4) is 0 Å². The maximum absolute atomic E-state index is 12.4. The van der Waals surface area contributed by atoms with E-state index >= 15 is 0 Å². The lowest BCUT2D eigenvalue weighted by Crippen LogP contribution is -2.35. The number of nitrogens with one attached hydrogen (secondary N) is 1. The molecule has 1 aromatic carbocycles. The first-order valence-corrected chi connectivity index (χ1v) is 11.1. The smallest absolute Gasteiger partial charge is 0.227 e. The van der Waals surface area contributed by atoms with Crippen LogP contribution in [-0.2, 0) is 19.4 Å². The van der Waals surface area contributed by atoms with Crippen LogP contribution in [0.1, 0.15) is 25.7 Å². The van der Waals surface area contributed by atoms with Crippen LogP contribution >= 0.6 is 11.6 Å². The van der Waals surface area contributed by atoms with Gasteiger partial charge in [-0.15, -0.1) is 0 Å². The Hall–Kier alpha value is -1.60. The van der Waals surface area contributed by atoms with E-state index in [1.807, 2.05) is 6.07 Å². The minimum Gasteiger partial charge on any atom is -0.356 e. The molecule has 3 rings (SSSR count). The molecule has 1 aromatic rings. The van der Waals surface area contributed by atoms with Crippen molar-refractivity contribution in [1.29, 1.82) is 0 Å². The van der Waals surface area contributed by atoms with Crippen LogP contribution in [0.15, 0.2) is 24.3 Å². The van der Waals surface area contributed by atoms with E-state index in [0.29, 0.717) is 42.6 Å². The van der Waals surface area contributed by atoms with Gasteiger partial charge < -0.3 is 10.2 Å². The van der Waals surface area contributed by atoms with E-state index in [-0.39, 0.29) is 35.7 Å². The Labute approximate surface area is 158 Å². The Bertz CT molecular complexity index is 782. The summed E-state index contributed by atoms with van der Waals surface area (Å²) in [6.45, 7) is 0.844. The molecule has 0 aromatic heterocycles. The van der Waals surface area contributed by atoms with Gasteiger partial charge in [0, 0.05) is 19.5 Å². The summed E-state index contributed by atoms with van der Waals surface area (Å²) in [6, 6.07) is 7.11. The van der Waals surface area contributed by atoms with Crippen molar-refractivity contribution in [2.24, 2.45) is 11.8 Å². The van der Waals surface area contributed by atoms with Gasteiger partial charge >= 0.3 is 0 Å². The molecule has 1 atom stereocenters. The lowest BCUT2D eigenvalue weighted by molar-refractivity contribution is -0.126. The van der Waals surface area contributed by atoms with Crippen LogP contribution in [0.5, 0.6) is 0 Å². The lowest BCUT2D eigenvalue weighted by atomic mass is 9.99. The Kier molecular flexibility index (Phi) is 5.87. The molecule has 26 heavy (non-hydrogen) atoms. The third-order valence-corrected chi connectivity index (χ3v) is 7.20. The van der Waals surface area contributed by atoms with E-state index in [9.17, 15) is 18.0 Å². The van der Waals surface area contributed by atoms with Gasteiger partial charge in [0.1, 0.15) is 9.84 Å². The van der Waals surface area contributed by atoms with Gasteiger partial charge in [0.25, 0.3) is 0 Å². The molecule has 2 aliphatic rings. The van der Waals surface area contributed by atoms with Crippen LogP contribution in [0.25, 0.3) is 0 Å². The Morgan fingerprint density at radius 3 is 2.62 bits per heavy atom. The molecule has 1 unspecified atom stereocenters. The highest BCUT2D eigenvalue weighted by atomic mass is 35.5. The molecule has 0 saturated carbocycles. The molecule has 8 heteroatoms. The Morgan fingerprint density at radius 1 is 1.23 bits per heavy atom. The second kappa shape index (κ2) is 7.96. The normalized spacial score (nSPS) is 23.2. The van der Waals surface area contributed by atoms with Gasteiger partial charge in [0.15, 0.2) is 0 Å². The zero-order chi connectivity index (χ0) is 18.7.